The number of hydrogen-bond donors (Lipinski definition) is 2. The molecule has 1 aromatic heterocycles. The molecule has 0 spiro atoms. The molecule has 1 heterocycles. The van der Waals surface area contributed by atoms with Gasteiger partial charge in [0.15, 0.2) is 0 Å². The number of rotatable bonds is 3. The van der Waals surface area contributed by atoms with E-state index >= 15 is 0 Å². The van der Waals surface area contributed by atoms with E-state index in [0.29, 0.717) is 5.56 Å². The average Bonchev–Trinajstić information content (AvgIpc) is 2.78. The second kappa shape index (κ2) is 20.6. The van der Waals surface area contributed by atoms with Crippen LogP contribution in [0.4, 0.5) is 0 Å². The molecule has 0 saturated carbocycles. The van der Waals surface area contributed by atoms with Crippen LogP contribution in [0.1, 0.15) is 38.1 Å². The number of methoxy groups -OCH3 is 1. The second-order valence-corrected chi connectivity index (χ2v) is 4.45. The van der Waals surface area contributed by atoms with Crippen LogP contribution in [0.25, 0.3) is 0 Å². The third kappa shape index (κ3) is 15.5. The zero-order chi connectivity index (χ0) is 22.5. The zero-order valence-electron chi connectivity index (χ0n) is 15.8. The summed E-state index contributed by atoms with van der Waals surface area (Å²) in [5, 5.41) is 45.8. The molecular formula is C15H21ClCoN5O6. The zero-order valence-corrected chi connectivity index (χ0v) is 17.6. The van der Waals surface area contributed by atoms with Crippen molar-refractivity contribution in [2.75, 3.05) is 7.11 Å². The number of halogens is 1. The van der Waals surface area contributed by atoms with Gasteiger partial charge < -0.3 is 35.9 Å². The molecule has 1 rings (SSSR count). The molecule has 0 aromatic carbocycles. The molecule has 1 aromatic rings. The normalized spacial score (nSPS) is 11.5. The van der Waals surface area contributed by atoms with Crippen molar-refractivity contribution in [3.63, 3.8) is 0 Å². The molecule has 0 fully saturated rings. The number of carbonyl (C=O) groups excluding carboxylic acids is 1. The van der Waals surface area contributed by atoms with Crippen molar-refractivity contribution in [1.82, 2.24) is 4.98 Å². The number of esters is 1. The molecule has 0 aliphatic heterocycles. The summed E-state index contributed by atoms with van der Waals surface area (Å²) in [6.45, 7) is 5.94. The van der Waals surface area contributed by atoms with Crippen molar-refractivity contribution in [1.29, 1.82) is 0 Å². The van der Waals surface area contributed by atoms with Gasteiger partial charge in [0.05, 0.1) is 35.5 Å². The molecule has 0 bridgehead atoms. The first-order chi connectivity index (χ1) is 13.3. The van der Waals surface area contributed by atoms with Gasteiger partial charge in [-0.3, -0.25) is 4.98 Å². The molecule has 11 nitrogen and oxygen atoms in total. The maximum atomic E-state index is 10.8. The van der Waals surface area contributed by atoms with Crippen LogP contribution in [0, 0.1) is 10.4 Å². The van der Waals surface area contributed by atoms with E-state index < -0.39 is 0 Å². The van der Waals surface area contributed by atoms with Gasteiger partial charge in [-0.15, -0.1) is 0 Å². The van der Waals surface area contributed by atoms with E-state index in [-0.39, 0.29) is 28.8 Å². The summed E-state index contributed by atoms with van der Waals surface area (Å²) in [5.41, 5.74) is 1.43. The molecule has 0 saturated heterocycles. The first kappa shape index (κ1) is 30.0. The third-order valence-corrected chi connectivity index (χ3v) is 2.72. The fourth-order valence-corrected chi connectivity index (χ4v) is 0.883. The van der Waals surface area contributed by atoms with Gasteiger partial charge in [-0.1, -0.05) is 10.3 Å². The van der Waals surface area contributed by atoms with Crippen molar-refractivity contribution in [2.45, 2.75) is 27.7 Å². The van der Waals surface area contributed by atoms with Crippen molar-refractivity contribution < 1.29 is 34.8 Å². The Labute approximate surface area is 174 Å². The van der Waals surface area contributed by atoms with Crippen LogP contribution >= 0.6 is 10.1 Å². The van der Waals surface area contributed by atoms with E-state index in [4.69, 9.17) is 10.4 Å². The molecule has 0 aliphatic rings. The monoisotopic (exact) mass is 461 g/mol. The van der Waals surface area contributed by atoms with Gasteiger partial charge in [-0.05, 0) is 39.8 Å². The first-order valence-electron chi connectivity index (χ1n) is 7.11. The number of carbonyl (C=O) groups is 1. The Balaban J connectivity index is -0.000000324. The molecule has 0 atom stereocenters. The van der Waals surface area contributed by atoms with Gasteiger partial charge in [-0.25, -0.2) is 4.79 Å². The van der Waals surface area contributed by atoms with Gasteiger partial charge >= 0.3 is 31.0 Å². The first-order valence-corrected chi connectivity index (χ1v) is 8.54. The van der Waals surface area contributed by atoms with E-state index in [1.54, 1.807) is 24.5 Å². The Morgan fingerprint density at radius 3 is 1.54 bits per heavy atom. The Hall–Kier alpha value is -2.70. The van der Waals surface area contributed by atoms with Crippen LogP contribution in [-0.4, -0.2) is 51.3 Å². The number of aromatic nitrogens is 1. The van der Waals surface area contributed by atoms with Crippen molar-refractivity contribution >= 4 is 39.0 Å². The fraction of sp³-hybridized carbons (Fsp3) is 0.333. The Bertz CT molecular complexity index is 604. The molecule has 0 unspecified atom stereocenters. The number of hydrogen-bond acceptors (Lipinski definition) is 11. The minimum absolute atomic E-state index is 0.201. The molecule has 0 aliphatic carbocycles. The standard InChI is InChI=1S/C7H7NO2.2C4H8N2O2.ClH.Co/c1-10-7(9)6-2-4-8-5-3-6;2*1-3(5-7)4(2)6-8;;/h2-5H,1H3;2*7-8H,1-2H3;1H;/q;;;;+3/p-3/b;2*5-3+,6-4+;;. The summed E-state index contributed by atoms with van der Waals surface area (Å²) in [4.78, 5) is 14.5. The van der Waals surface area contributed by atoms with Gasteiger partial charge in [-0.2, -0.15) is 0 Å². The molecule has 158 valence electrons. The fourth-order valence-electron chi connectivity index (χ4n) is 0.883. The van der Waals surface area contributed by atoms with Crippen LogP contribution in [0.5, 0.6) is 0 Å². The molecule has 13 heteroatoms. The summed E-state index contributed by atoms with van der Waals surface area (Å²) in [6, 6.07) is 3.21. The van der Waals surface area contributed by atoms with Gasteiger partial charge in [0.1, 0.15) is 0 Å². The van der Waals surface area contributed by atoms with Gasteiger partial charge in [0.25, 0.3) is 0 Å². The number of pyridine rings is 1. The molecule has 2 N–H and O–H groups in total. The van der Waals surface area contributed by atoms with Crippen LogP contribution in [0.2, 0.25) is 0 Å². The van der Waals surface area contributed by atoms with Gasteiger partial charge in [0.2, 0.25) is 0 Å². The molecule has 0 amide bonds. The van der Waals surface area contributed by atoms with Crippen LogP contribution in [0.15, 0.2) is 45.1 Å². The Kier molecular flexibility index (Phi) is 22.1. The number of oxime groups is 2. The van der Waals surface area contributed by atoms with E-state index in [1.807, 2.05) is 0 Å². The third-order valence-electron chi connectivity index (χ3n) is 2.72. The summed E-state index contributed by atoms with van der Waals surface area (Å²) in [6.07, 6.45) is 3.10. The molecule has 0 radical (unpaired) electrons. The van der Waals surface area contributed by atoms with E-state index in [9.17, 15) is 15.2 Å². The quantitative estimate of drug-likeness (QED) is 0.300. The molecular weight excluding hydrogens is 441 g/mol. The second-order valence-electron chi connectivity index (χ2n) is 4.45. The van der Waals surface area contributed by atoms with Crippen molar-refractivity contribution in [3.8, 4) is 0 Å². The predicted octanol–water partition coefficient (Wildman–Crippen LogP) is 3.15. The predicted molar refractivity (Wildman–Crippen MR) is 104 cm³/mol. The summed E-state index contributed by atoms with van der Waals surface area (Å²) in [5.74, 6) is -0.331. The van der Waals surface area contributed by atoms with E-state index in [2.05, 4.69) is 55.3 Å². The van der Waals surface area contributed by atoms with Crippen LogP contribution in [0.3, 0.4) is 0 Å². The van der Waals surface area contributed by atoms with E-state index in [0.717, 1.165) is 0 Å². The average molecular weight is 462 g/mol. The number of ether oxygens (including phenoxy) is 1. The SMILES string of the molecule is CC(=N\[O-])/C(C)=N/O.CC(=N\[O-])/C(C)=N/O.COC(=O)c1ccncc1.[Cl][Co+2]. The topological polar surface area (TPSA) is 175 Å². The number of nitrogens with zero attached hydrogens (tertiary/aromatic N) is 5. The van der Waals surface area contributed by atoms with Gasteiger partial charge in [0, 0.05) is 12.4 Å². The summed E-state index contributed by atoms with van der Waals surface area (Å²) in [7, 11) is 5.68. The summed E-state index contributed by atoms with van der Waals surface area (Å²) >= 11 is 3.03. The Morgan fingerprint density at radius 2 is 1.32 bits per heavy atom. The van der Waals surface area contributed by atoms with E-state index in [1.165, 1.54) is 34.8 Å². The van der Waals surface area contributed by atoms with Crippen molar-refractivity contribution in [3.05, 3.63) is 40.5 Å². The summed E-state index contributed by atoms with van der Waals surface area (Å²) < 4.78 is 4.47. The van der Waals surface area contributed by atoms with Crippen LogP contribution in [-0.2, 0) is 19.6 Å². The van der Waals surface area contributed by atoms with Crippen LogP contribution < -0.4 is 0 Å². The molecule has 28 heavy (non-hydrogen) atoms. The maximum absolute atomic E-state index is 10.8. The Morgan fingerprint density at radius 1 is 0.964 bits per heavy atom. The van der Waals surface area contributed by atoms with Crippen molar-refractivity contribution in [2.24, 2.45) is 20.6 Å². The minimum atomic E-state index is -0.331.